The van der Waals surface area contributed by atoms with Crippen molar-refractivity contribution in [2.24, 2.45) is 0 Å². The number of hydrogen-bond donors (Lipinski definition) is 0. The van der Waals surface area contributed by atoms with Gasteiger partial charge in [-0.1, -0.05) is 12.1 Å². The Morgan fingerprint density at radius 1 is 1.19 bits per heavy atom. The van der Waals surface area contributed by atoms with Crippen LogP contribution in [0.15, 0.2) is 18.2 Å². The van der Waals surface area contributed by atoms with Crippen LogP contribution >= 0.6 is 0 Å². The quantitative estimate of drug-likeness (QED) is 0.676. The Hall–Kier alpha value is -2.28. The summed E-state index contributed by atoms with van der Waals surface area (Å²) in [5.41, 5.74) is 0.851. The number of carbonyl (C=O) groups excluding carboxylic acids is 2. The van der Waals surface area contributed by atoms with Crippen LogP contribution in [0.2, 0.25) is 0 Å². The van der Waals surface area contributed by atoms with Crippen molar-refractivity contribution in [3.05, 3.63) is 23.8 Å². The van der Waals surface area contributed by atoms with Crippen LogP contribution in [0, 0.1) is 0 Å². The molecule has 0 spiro atoms. The van der Waals surface area contributed by atoms with Crippen molar-refractivity contribution in [1.82, 2.24) is 4.90 Å². The third kappa shape index (κ3) is 5.60. The average Bonchev–Trinajstić information content (AvgIpc) is 2.64. The van der Waals surface area contributed by atoms with Gasteiger partial charge in [0.2, 0.25) is 0 Å². The summed E-state index contributed by atoms with van der Waals surface area (Å²) >= 11 is 0. The van der Waals surface area contributed by atoms with Crippen LogP contribution in [0.3, 0.4) is 0 Å². The van der Waals surface area contributed by atoms with E-state index in [4.69, 9.17) is 18.9 Å². The molecule has 1 aliphatic rings. The first-order valence-corrected chi connectivity index (χ1v) is 9.19. The van der Waals surface area contributed by atoms with Gasteiger partial charge < -0.3 is 23.8 Å². The lowest BCUT2D eigenvalue weighted by Crippen LogP contribution is -2.51. The van der Waals surface area contributed by atoms with Crippen LogP contribution in [0.4, 0.5) is 0 Å². The highest BCUT2D eigenvalue weighted by molar-refractivity contribution is 5.83. The van der Waals surface area contributed by atoms with E-state index in [0.717, 1.165) is 5.56 Å². The van der Waals surface area contributed by atoms with Crippen LogP contribution in [-0.2, 0) is 25.5 Å². The molecule has 7 nitrogen and oxygen atoms in total. The summed E-state index contributed by atoms with van der Waals surface area (Å²) < 4.78 is 21.6. The van der Waals surface area contributed by atoms with Gasteiger partial charge >= 0.3 is 5.97 Å². The Morgan fingerprint density at radius 3 is 2.44 bits per heavy atom. The number of aryl methyl sites for hydroxylation is 1. The van der Waals surface area contributed by atoms with Gasteiger partial charge in [0.25, 0.3) is 5.91 Å². The van der Waals surface area contributed by atoms with Gasteiger partial charge in [0.1, 0.15) is 0 Å². The predicted octanol–water partition coefficient (Wildman–Crippen LogP) is 2.20. The lowest BCUT2D eigenvalue weighted by atomic mass is 10.1. The highest BCUT2D eigenvalue weighted by Gasteiger charge is 2.30. The molecule has 0 N–H and O–H groups in total. The molecule has 1 aliphatic heterocycles. The number of nitrogens with zero attached hydrogens (tertiary/aromatic N) is 1. The van der Waals surface area contributed by atoms with Gasteiger partial charge in [-0.2, -0.15) is 0 Å². The van der Waals surface area contributed by atoms with E-state index < -0.39 is 12.1 Å². The monoisotopic (exact) mass is 379 g/mol. The van der Waals surface area contributed by atoms with E-state index in [1.54, 1.807) is 32.1 Å². The van der Waals surface area contributed by atoms with Crippen molar-refractivity contribution in [1.29, 1.82) is 0 Å². The summed E-state index contributed by atoms with van der Waals surface area (Å²) in [6.45, 7) is 6.47. The second-order valence-corrected chi connectivity index (χ2v) is 6.79. The van der Waals surface area contributed by atoms with Gasteiger partial charge in [-0.15, -0.1) is 0 Å². The lowest BCUT2D eigenvalue weighted by Gasteiger charge is -2.36. The third-order valence-corrected chi connectivity index (χ3v) is 4.47. The minimum Gasteiger partial charge on any atom is -0.493 e. The molecule has 0 aliphatic carbocycles. The van der Waals surface area contributed by atoms with Crippen LogP contribution < -0.4 is 9.47 Å². The lowest BCUT2D eigenvalue weighted by molar-refractivity contribution is -0.164. The summed E-state index contributed by atoms with van der Waals surface area (Å²) in [7, 11) is 3.13. The summed E-state index contributed by atoms with van der Waals surface area (Å²) in [5, 5.41) is 0. The zero-order chi connectivity index (χ0) is 20.0. The molecule has 1 aromatic rings. The summed E-state index contributed by atoms with van der Waals surface area (Å²) in [6, 6.07) is 5.51. The molecule has 150 valence electrons. The topological polar surface area (TPSA) is 74.3 Å². The number of morpholine rings is 1. The SMILES string of the molecule is COc1cccc(CCC(=O)OC(C)C(=O)N2CC(C)OC(C)C2)c1OC. The summed E-state index contributed by atoms with van der Waals surface area (Å²) in [4.78, 5) is 26.4. The van der Waals surface area contributed by atoms with Gasteiger partial charge in [0, 0.05) is 19.5 Å². The number of hydrogen-bond acceptors (Lipinski definition) is 6. The maximum absolute atomic E-state index is 12.5. The van der Waals surface area contributed by atoms with E-state index in [2.05, 4.69) is 0 Å². The molecule has 0 radical (unpaired) electrons. The average molecular weight is 379 g/mol. The maximum Gasteiger partial charge on any atom is 0.306 e. The van der Waals surface area contributed by atoms with Crippen molar-refractivity contribution >= 4 is 11.9 Å². The molecular formula is C20H29NO6. The van der Waals surface area contributed by atoms with E-state index in [1.807, 2.05) is 26.0 Å². The smallest absolute Gasteiger partial charge is 0.306 e. The molecule has 0 bridgehead atoms. The van der Waals surface area contributed by atoms with Crippen LogP contribution in [0.1, 0.15) is 32.8 Å². The number of para-hydroxylation sites is 1. The molecule has 1 heterocycles. The fraction of sp³-hybridized carbons (Fsp3) is 0.600. The molecule has 2 rings (SSSR count). The zero-order valence-corrected chi connectivity index (χ0v) is 16.7. The molecular weight excluding hydrogens is 350 g/mol. The predicted molar refractivity (Wildman–Crippen MR) is 100 cm³/mol. The Kier molecular flexibility index (Phi) is 7.47. The Labute approximate surface area is 160 Å². The highest BCUT2D eigenvalue weighted by Crippen LogP contribution is 2.31. The van der Waals surface area contributed by atoms with Gasteiger partial charge in [0.15, 0.2) is 17.6 Å². The zero-order valence-electron chi connectivity index (χ0n) is 16.7. The molecule has 3 unspecified atom stereocenters. The number of rotatable bonds is 7. The minimum absolute atomic E-state index is 0.0267. The molecule has 1 aromatic carbocycles. The molecule has 27 heavy (non-hydrogen) atoms. The third-order valence-electron chi connectivity index (χ3n) is 4.47. The fourth-order valence-corrected chi connectivity index (χ4v) is 3.31. The first-order valence-electron chi connectivity index (χ1n) is 9.19. The highest BCUT2D eigenvalue weighted by atomic mass is 16.5. The standard InChI is InChI=1S/C20H29NO6/c1-13-11-21(12-14(2)26-13)20(23)15(3)27-18(22)10-9-16-7-6-8-17(24-4)19(16)25-5/h6-8,13-15H,9-12H2,1-5H3. The molecule has 3 atom stereocenters. The van der Waals surface area contributed by atoms with Crippen LogP contribution in [-0.4, -0.2) is 62.4 Å². The normalized spacial score (nSPS) is 20.7. The Morgan fingerprint density at radius 2 is 1.85 bits per heavy atom. The largest absolute Gasteiger partial charge is 0.493 e. The van der Waals surface area contributed by atoms with Gasteiger partial charge in [-0.05, 0) is 38.8 Å². The van der Waals surface area contributed by atoms with Gasteiger partial charge in [-0.3, -0.25) is 9.59 Å². The number of amides is 1. The maximum atomic E-state index is 12.5. The first-order chi connectivity index (χ1) is 12.8. The van der Waals surface area contributed by atoms with Crippen molar-refractivity contribution in [3.63, 3.8) is 0 Å². The molecule has 0 saturated carbocycles. The van der Waals surface area contributed by atoms with Crippen molar-refractivity contribution in [2.45, 2.75) is 51.9 Å². The Balaban J connectivity index is 1.89. The minimum atomic E-state index is -0.817. The van der Waals surface area contributed by atoms with E-state index in [1.165, 1.54) is 0 Å². The molecule has 7 heteroatoms. The number of esters is 1. The van der Waals surface area contributed by atoms with E-state index in [9.17, 15) is 9.59 Å². The molecule has 1 fully saturated rings. The molecule has 0 aromatic heterocycles. The first kappa shape index (κ1) is 21.0. The van der Waals surface area contributed by atoms with Crippen molar-refractivity contribution < 1.29 is 28.5 Å². The van der Waals surface area contributed by atoms with Gasteiger partial charge in [-0.25, -0.2) is 0 Å². The van der Waals surface area contributed by atoms with E-state index >= 15 is 0 Å². The van der Waals surface area contributed by atoms with Gasteiger partial charge in [0.05, 0.1) is 26.4 Å². The summed E-state index contributed by atoms with van der Waals surface area (Å²) in [5.74, 6) is 0.607. The second-order valence-electron chi connectivity index (χ2n) is 6.79. The fourth-order valence-electron chi connectivity index (χ4n) is 3.31. The van der Waals surface area contributed by atoms with E-state index in [0.29, 0.717) is 31.0 Å². The van der Waals surface area contributed by atoms with Crippen LogP contribution in [0.25, 0.3) is 0 Å². The number of ether oxygens (including phenoxy) is 4. The number of benzene rings is 1. The van der Waals surface area contributed by atoms with Crippen LogP contribution in [0.5, 0.6) is 11.5 Å². The summed E-state index contributed by atoms with van der Waals surface area (Å²) in [6.07, 6.45) is -0.285. The molecule has 1 amide bonds. The molecule has 1 saturated heterocycles. The second kappa shape index (κ2) is 9.60. The number of carbonyl (C=O) groups is 2. The Bertz CT molecular complexity index is 652. The van der Waals surface area contributed by atoms with E-state index in [-0.39, 0.29) is 24.5 Å². The van der Waals surface area contributed by atoms with Crippen molar-refractivity contribution in [3.8, 4) is 11.5 Å². The number of methoxy groups -OCH3 is 2. The van der Waals surface area contributed by atoms with Crippen molar-refractivity contribution in [2.75, 3.05) is 27.3 Å².